The number of imidazole rings is 1. The molecule has 3 aromatic rings. The lowest BCUT2D eigenvalue weighted by atomic mass is 10.0. The average Bonchev–Trinajstić information content (AvgIpc) is 3.31. The van der Waals surface area contributed by atoms with Crippen molar-refractivity contribution >= 4 is 5.95 Å². The van der Waals surface area contributed by atoms with Gasteiger partial charge in [-0.3, -0.25) is 0 Å². The molecular weight excluding hydrogens is 310 g/mol. The summed E-state index contributed by atoms with van der Waals surface area (Å²) in [5.74, 6) is 1.80. The molecule has 0 amide bonds. The van der Waals surface area contributed by atoms with Gasteiger partial charge in [-0.1, -0.05) is 24.3 Å². The van der Waals surface area contributed by atoms with Crippen LogP contribution >= 0.6 is 0 Å². The molecule has 126 valence electrons. The van der Waals surface area contributed by atoms with Crippen molar-refractivity contribution in [3.05, 3.63) is 47.9 Å². The molecule has 0 spiro atoms. The molecule has 1 aliphatic carbocycles. The van der Waals surface area contributed by atoms with Crippen LogP contribution in [0.25, 0.3) is 22.6 Å². The van der Waals surface area contributed by atoms with E-state index < -0.39 is 0 Å². The number of aromatic amines is 1. The fourth-order valence-electron chi connectivity index (χ4n) is 3.81. The molecule has 5 nitrogen and oxygen atoms in total. The van der Waals surface area contributed by atoms with E-state index in [1.54, 1.807) is 6.20 Å². The van der Waals surface area contributed by atoms with E-state index in [0.717, 1.165) is 42.4 Å². The van der Waals surface area contributed by atoms with E-state index in [4.69, 9.17) is 9.97 Å². The summed E-state index contributed by atoms with van der Waals surface area (Å²) >= 11 is 0. The van der Waals surface area contributed by atoms with Crippen LogP contribution in [0.1, 0.15) is 31.0 Å². The molecule has 0 unspecified atom stereocenters. The van der Waals surface area contributed by atoms with Crippen molar-refractivity contribution in [3.63, 3.8) is 0 Å². The largest absolute Gasteiger partial charge is 0.345 e. The van der Waals surface area contributed by atoms with Crippen molar-refractivity contribution in [3.8, 4) is 22.6 Å². The maximum absolute atomic E-state index is 4.97. The van der Waals surface area contributed by atoms with Crippen molar-refractivity contribution in [2.75, 3.05) is 11.4 Å². The van der Waals surface area contributed by atoms with Crippen LogP contribution < -0.4 is 4.90 Å². The van der Waals surface area contributed by atoms with Crippen molar-refractivity contribution in [1.29, 1.82) is 0 Å². The second kappa shape index (κ2) is 5.69. The average molecular weight is 331 g/mol. The molecule has 25 heavy (non-hydrogen) atoms. The SMILES string of the molecule is C[C@H]1CCN1c1nc2c(c(-c3ccc(-c4ncc[nH]4)cc3)n1)CCC2. The molecule has 3 heterocycles. The minimum Gasteiger partial charge on any atom is -0.345 e. The third-order valence-corrected chi connectivity index (χ3v) is 5.43. The highest BCUT2D eigenvalue weighted by atomic mass is 15.3. The fraction of sp³-hybridized carbons (Fsp3) is 0.350. The summed E-state index contributed by atoms with van der Waals surface area (Å²) < 4.78 is 0. The number of hydrogen-bond acceptors (Lipinski definition) is 4. The standard InChI is InChI=1S/C20H21N5/c1-13-9-12-25(13)20-23-17-4-2-3-16(17)18(24-20)14-5-7-15(8-6-14)19-21-10-11-22-19/h5-8,10-11,13H,2-4,9,12H2,1H3,(H,21,22)/t13-/m0/s1. The number of nitrogens with zero attached hydrogens (tertiary/aromatic N) is 4. The van der Waals surface area contributed by atoms with Gasteiger partial charge < -0.3 is 9.88 Å². The van der Waals surface area contributed by atoms with Crippen LogP contribution in [0, 0.1) is 0 Å². The first-order valence-corrected chi connectivity index (χ1v) is 9.06. The normalized spacial score (nSPS) is 18.9. The van der Waals surface area contributed by atoms with Gasteiger partial charge in [0, 0.05) is 47.4 Å². The van der Waals surface area contributed by atoms with Crippen LogP contribution in [-0.2, 0) is 12.8 Å². The number of aryl methyl sites for hydroxylation is 1. The summed E-state index contributed by atoms with van der Waals surface area (Å²) in [5.41, 5.74) is 5.96. The Morgan fingerprint density at radius 3 is 2.60 bits per heavy atom. The number of fused-ring (bicyclic) bond motifs is 1. The van der Waals surface area contributed by atoms with E-state index in [-0.39, 0.29) is 0 Å². The first-order chi connectivity index (χ1) is 12.3. The van der Waals surface area contributed by atoms with Gasteiger partial charge >= 0.3 is 0 Å². The first kappa shape index (κ1) is 14.6. The molecule has 1 aromatic carbocycles. The topological polar surface area (TPSA) is 57.7 Å². The lowest BCUT2D eigenvalue weighted by Gasteiger charge is -2.39. The highest BCUT2D eigenvalue weighted by Gasteiger charge is 2.29. The number of aromatic nitrogens is 4. The molecule has 2 aliphatic rings. The lowest BCUT2D eigenvalue weighted by Crippen LogP contribution is -2.46. The number of rotatable bonds is 3. The quantitative estimate of drug-likeness (QED) is 0.796. The second-order valence-electron chi connectivity index (χ2n) is 7.00. The van der Waals surface area contributed by atoms with E-state index in [0.29, 0.717) is 6.04 Å². The zero-order valence-corrected chi connectivity index (χ0v) is 14.4. The molecule has 5 heteroatoms. The van der Waals surface area contributed by atoms with Crippen LogP contribution in [-0.4, -0.2) is 32.5 Å². The van der Waals surface area contributed by atoms with E-state index >= 15 is 0 Å². The van der Waals surface area contributed by atoms with Gasteiger partial charge in [-0.25, -0.2) is 15.0 Å². The number of nitrogens with one attached hydrogen (secondary N) is 1. The molecule has 5 rings (SSSR count). The summed E-state index contributed by atoms with van der Waals surface area (Å²) in [6.45, 7) is 3.31. The molecular formula is C20H21N5. The van der Waals surface area contributed by atoms with Crippen LogP contribution in [0.4, 0.5) is 5.95 Å². The number of H-pyrrole nitrogens is 1. The van der Waals surface area contributed by atoms with Crippen molar-refractivity contribution in [2.45, 2.75) is 38.6 Å². The number of anilines is 1. The monoisotopic (exact) mass is 331 g/mol. The number of benzene rings is 1. The molecule has 0 saturated carbocycles. The summed E-state index contributed by atoms with van der Waals surface area (Å²) in [4.78, 5) is 19.6. The molecule has 1 saturated heterocycles. The predicted molar refractivity (Wildman–Crippen MR) is 98.5 cm³/mol. The predicted octanol–water partition coefficient (Wildman–Crippen LogP) is 3.62. The Labute approximate surface area is 147 Å². The molecule has 1 atom stereocenters. The Kier molecular flexibility index (Phi) is 3.33. The highest BCUT2D eigenvalue weighted by Crippen LogP contribution is 2.34. The zero-order chi connectivity index (χ0) is 16.8. The Morgan fingerprint density at radius 1 is 1.08 bits per heavy atom. The van der Waals surface area contributed by atoms with Gasteiger partial charge in [0.05, 0.1) is 5.69 Å². The van der Waals surface area contributed by atoms with Gasteiger partial charge in [0.25, 0.3) is 0 Å². The second-order valence-corrected chi connectivity index (χ2v) is 7.00. The van der Waals surface area contributed by atoms with Crippen LogP contribution in [0.2, 0.25) is 0 Å². The number of hydrogen-bond donors (Lipinski definition) is 1. The minimum absolute atomic E-state index is 0.550. The van der Waals surface area contributed by atoms with Crippen LogP contribution in [0.15, 0.2) is 36.7 Å². The van der Waals surface area contributed by atoms with Crippen molar-refractivity contribution < 1.29 is 0 Å². The van der Waals surface area contributed by atoms with E-state index in [9.17, 15) is 0 Å². The third kappa shape index (κ3) is 2.42. The molecule has 0 radical (unpaired) electrons. The summed E-state index contributed by atoms with van der Waals surface area (Å²) in [6, 6.07) is 9.09. The highest BCUT2D eigenvalue weighted by molar-refractivity contribution is 5.69. The van der Waals surface area contributed by atoms with Crippen molar-refractivity contribution in [1.82, 2.24) is 19.9 Å². The molecule has 1 fully saturated rings. The summed E-state index contributed by atoms with van der Waals surface area (Å²) in [5, 5.41) is 0. The minimum atomic E-state index is 0.550. The zero-order valence-electron chi connectivity index (χ0n) is 14.4. The van der Waals surface area contributed by atoms with Gasteiger partial charge in [0.2, 0.25) is 5.95 Å². The Balaban J connectivity index is 1.56. The Bertz CT molecular complexity index is 899. The third-order valence-electron chi connectivity index (χ3n) is 5.43. The maximum Gasteiger partial charge on any atom is 0.226 e. The van der Waals surface area contributed by atoms with Crippen LogP contribution in [0.5, 0.6) is 0 Å². The summed E-state index contributed by atoms with van der Waals surface area (Å²) in [6.07, 6.45) is 8.20. The summed E-state index contributed by atoms with van der Waals surface area (Å²) in [7, 11) is 0. The molecule has 1 aliphatic heterocycles. The van der Waals surface area contributed by atoms with E-state index in [1.807, 2.05) is 6.20 Å². The van der Waals surface area contributed by atoms with Crippen molar-refractivity contribution in [2.24, 2.45) is 0 Å². The van der Waals surface area contributed by atoms with Gasteiger partial charge in [-0.15, -0.1) is 0 Å². The van der Waals surface area contributed by atoms with Gasteiger partial charge in [0.1, 0.15) is 5.82 Å². The smallest absolute Gasteiger partial charge is 0.226 e. The van der Waals surface area contributed by atoms with Crippen LogP contribution in [0.3, 0.4) is 0 Å². The van der Waals surface area contributed by atoms with E-state index in [2.05, 4.69) is 46.1 Å². The lowest BCUT2D eigenvalue weighted by molar-refractivity contribution is 0.470. The molecule has 0 bridgehead atoms. The Hall–Kier alpha value is -2.69. The van der Waals surface area contributed by atoms with Gasteiger partial charge in [-0.2, -0.15) is 0 Å². The Morgan fingerprint density at radius 2 is 1.92 bits per heavy atom. The molecule has 2 aromatic heterocycles. The first-order valence-electron chi connectivity index (χ1n) is 9.06. The van der Waals surface area contributed by atoms with E-state index in [1.165, 1.54) is 29.7 Å². The van der Waals surface area contributed by atoms with Gasteiger partial charge in [0.15, 0.2) is 0 Å². The maximum atomic E-state index is 4.97. The van der Waals surface area contributed by atoms with Gasteiger partial charge in [-0.05, 0) is 32.6 Å². The fourth-order valence-corrected chi connectivity index (χ4v) is 3.81. The molecule has 1 N–H and O–H groups in total.